The van der Waals surface area contributed by atoms with Gasteiger partial charge in [0.15, 0.2) is 0 Å². The number of nitrogens with two attached hydrogens (primary N) is 1. The van der Waals surface area contributed by atoms with Crippen LogP contribution < -0.4 is 11.1 Å². The molecule has 0 aliphatic rings. The molecule has 0 aliphatic heterocycles. The molecule has 5 nitrogen and oxygen atoms in total. The predicted octanol–water partition coefficient (Wildman–Crippen LogP) is 0.571. The Kier molecular flexibility index (Phi) is 4.28. The van der Waals surface area contributed by atoms with E-state index in [0.717, 1.165) is 18.4 Å². The van der Waals surface area contributed by atoms with E-state index in [0.29, 0.717) is 0 Å². The van der Waals surface area contributed by atoms with E-state index in [2.05, 4.69) is 5.32 Å². The maximum Gasteiger partial charge on any atom is 0.251 e. The lowest BCUT2D eigenvalue weighted by Gasteiger charge is -2.13. The lowest BCUT2D eigenvalue weighted by atomic mass is 10.1. The summed E-state index contributed by atoms with van der Waals surface area (Å²) >= 11 is 0. The van der Waals surface area contributed by atoms with Crippen LogP contribution in [0.25, 0.3) is 0 Å². The van der Waals surface area contributed by atoms with Crippen molar-refractivity contribution < 1.29 is 17.6 Å². The van der Waals surface area contributed by atoms with E-state index in [1.807, 2.05) is 0 Å². The van der Waals surface area contributed by atoms with Crippen molar-refractivity contribution in [1.29, 1.82) is 0 Å². The van der Waals surface area contributed by atoms with Crippen LogP contribution in [0.2, 0.25) is 0 Å². The Morgan fingerprint density at radius 3 is 2.56 bits per heavy atom. The molecule has 18 heavy (non-hydrogen) atoms. The number of nitrogens with one attached hydrogen (secondary N) is 1. The van der Waals surface area contributed by atoms with Crippen molar-refractivity contribution in [3.63, 3.8) is 0 Å². The maximum absolute atomic E-state index is 13.0. The number of benzene rings is 1. The van der Waals surface area contributed by atoms with Gasteiger partial charge >= 0.3 is 0 Å². The predicted molar refractivity (Wildman–Crippen MR) is 67.5 cm³/mol. The standard InChI is InChI=1S/C11H15FN2O3S/c1-7(6-18(2,16)17)14-11(15)8-3-9(12)5-10(13)4-8/h3-5,7H,6,13H2,1-2H3,(H,14,15). The summed E-state index contributed by atoms with van der Waals surface area (Å²) in [6.45, 7) is 1.56. The van der Waals surface area contributed by atoms with Gasteiger partial charge in [0.05, 0.1) is 5.75 Å². The molecule has 0 bridgehead atoms. The molecule has 3 N–H and O–H groups in total. The number of nitrogen functional groups attached to an aromatic ring is 1. The molecule has 100 valence electrons. The van der Waals surface area contributed by atoms with Crippen LogP contribution in [-0.4, -0.2) is 32.4 Å². The van der Waals surface area contributed by atoms with E-state index in [4.69, 9.17) is 5.73 Å². The molecule has 1 atom stereocenters. The van der Waals surface area contributed by atoms with Crippen molar-refractivity contribution in [2.45, 2.75) is 13.0 Å². The molecule has 1 unspecified atom stereocenters. The number of halogens is 1. The smallest absolute Gasteiger partial charge is 0.251 e. The quantitative estimate of drug-likeness (QED) is 0.786. The highest BCUT2D eigenvalue weighted by Crippen LogP contribution is 2.10. The van der Waals surface area contributed by atoms with Crippen LogP contribution in [0, 0.1) is 5.82 Å². The Morgan fingerprint density at radius 2 is 2.06 bits per heavy atom. The van der Waals surface area contributed by atoms with Gasteiger partial charge in [-0.3, -0.25) is 4.79 Å². The average molecular weight is 274 g/mol. The molecule has 0 heterocycles. The zero-order valence-corrected chi connectivity index (χ0v) is 10.9. The molecular formula is C11H15FN2O3S. The molecule has 0 aromatic heterocycles. The summed E-state index contributed by atoms with van der Waals surface area (Å²) in [7, 11) is -3.18. The van der Waals surface area contributed by atoms with Crippen molar-refractivity contribution in [2.75, 3.05) is 17.7 Å². The van der Waals surface area contributed by atoms with Crippen LogP contribution >= 0.6 is 0 Å². The van der Waals surface area contributed by atoms with E-state index >= 15 is 0 Å². The van der Waals surface area contributed by atoms with Gasteiger partial charge in [0, 0.05) is 23.5 Å². The van der Waals surface area contributed by atoms with Gasteiger partial charge in [-0.2, -0.15) is 0 Å². The van der Waals surface area contributed by atoms with Gasteiger partial charge < -0.3 is 11.1 Å². The number of hydrogen-bond acceptors (Lipinski definition) is 4. The Hall–Kier alpha value is -1.63. The summed E-state index contributed by atoms with van der Waals surface area (Å²) in [6.07, 6.45) is 1.08. The van der Waals surface area contributed by atoms with Crippen molar-refractivity contribution in [3.8, 4) is 0 Å². The molecular weight excluding hydrogens is 259 g/mol. The summed E-state index contributed by atoms with van der Waals surface area (Å²) in [5.74, 6) is -1.35. The number of sulfone groups is 1. The van der Waals surface area contributed by atoms with Crippen molar-refractivity contribution in [2.24, 2.45) is 0 Å². The molecule has 1 amide bonds. The molecule has 1 aromatic rings. The second-order valence-corrected chi connectivity index (χ2v) is 6.43. The van der Waals surface area contributed by atoms with Crippen molar-refractivity contribution in [1.82, 2.24) is 5.32 Å². The monoisotopic (exact) mass is 274 g/mol. The van der Waals surface area contributed by atoms with Crippen LogP contribution in [-0.2, 0) is 9.84 Å². The molecule has 7 heteroatoms. The molecule has 1 rings (SSSR count). The van der Waals surface area contributed by atoms with Crippen LogP contribution in [0.15, 0.2) is 18.2 Å². The minimum atomic E-state index is -3.18. The number of anilines is 1. The van der Waals surface area contributed by atoms with Crippen LogP contribution in [0.5, 0.6) is 0 Å². The Morgan fingerprint density at radius 1 is 1.44 bits per heavy atom. The van der Waals surface area contributed by atoms with E-state index < -0.39 is 27.6 Å². The number of carbonyl (C=O) groups excluding carboxylic acids is 1. The fraction of sp³-hybridized carbons (Fsp3) is 0.364. The molecule has 0 aliphatic carbocycles. The minimum absolute atomic E-state index is 0.0628. The van der Waals surface area contributed by atoms with Gasteiger partial charge in [-0.25, -0.2) is 12.8 Å². The Labute approximate surface area is 105 Å². The first-order valence-corrected chi connectivity index (χ1v) is 7.28. The Balaban J connectivity index is 2.76. The minimum Gasteiger partial charge on any atom is -0.399 e. The van der Waals surface area contributed by atoms with Crippen LogP contribution in [0.1, 0.15) is 17.3 Å². The second kappa shape index (κ2) is 5.34. The van der Waals surface area contributed by atoms with Gasteiger partial charge in [-0.15, -0.1) is 0 Å². The first-order chi connectivity index (χ1) is 8.17. The van der Waals surface area contributed by atoms with Gasteiger partial charge in [0.1, 0.15) is 15.7 Å². The third-order valence-electron chi connectivity index (χ3n) is 2.11. The number of rotatable bonds is 4. The third kappa shape index (κ3) is 4.70. The zero-order chi connectivity index (χ0) is 13.9. The largest absolute Gasteiger partial charge is 0.399 e. The van der Waals surface area contributed by atoms with Crippen molar-refractivity contribution in [3.05, 3.63) is 29.6 Å². The first kappa shape index (κ1) is 14.4. The van der Waals surface area contributed by atoms with E-state index in [1.54, 1.807) is 6.92 Å². The summed E-state index contributed by atoms with van der Waals surface area (Å²) in [5, 5.41) is 2.47. The zero-order valence-electron chi connectivity index (χ0n) is 10.1. The van der Waals surface area contributed by atoms with Gasteiger partial charge in [-0.1, -0.05) is 0 Å². The lowest BCUT2D eigenvalue weighted by Crippen LogP contribution is -2.37. The molecule has 0 saturated heterocycles. The lowest BCUT2D eigenvalue weighted by molar-refractivity contribution is 0.0943. The molecule has 0 saturated carbocycles. The Bertz CT molecular complexity index is 537. The SMILES string of the molecule is CC(CS(C)(=O)=O)NC(=O)c1cc(N)cc(F)c1. The molecule has 0 radical (unpaired) electrons. The highest BCUT2D eigenvalue weighted by molar-refractivity contribution is 7.90. The summed E-state index contributed by atoms with van der Waals surface area (Å²) in [5.41, 5.74) is 5.61. The van der Waals surface area contributed by atoms with E-state index in [-0.39, 0.29) is 17.0 Å². The van der Waals surface area contributed by atoms with Crippen LogP contribution in [0.4, 0.5) is 10.1 Å². The normalized spacial score (nSPS) is 13.1. The molecule has 0 spiro atoms. The average Bonchev–Trinajstić information content (AvgIpc) is 2.12. The van der Waals surface area contributed by atoms with E-state index in [1.165, 1.54) is 6.07 Å². The van der Waals surface area contributed by atoms with Gasteiger partial charge in [0.2, 0.25) is 0 Å². The molecule has 1 aromatic carbocycles. The number of hydrogen-bond donors (Lipinski definition) is 2. The third-order valence-corrected chi connectivity index (χ3v) is 3.22. The summed E-state index contributed by atoms with van der Waals surface area (Å²) in [4.78, 5) is 11.7. The number of carbonyl (C=O) groups is 1. The van der Waals surface area contributed by atoms with E-state index in [9.17, 15) is 17.6 Å². The first-order valence-electron chi connectivity index (χ1n) is 5.22. The molecule has 0 fully saturated rings. The van der Waals surface area contributed by atoms with Crippen molar-refractivity contribution >= 4 is 21.4 Å². The highest BCUT2D eigenvalue weighted by atomic mass is 32.2. The maximum atomic E-state index is 13.0. The summed E-state index contributed by atoms with van der Waals surface area (Å²) < 4.78 is 35.1. The fourth-order valence-corrected chi connectivity index (χ4v) is 2.54. The van der Waals surface area contributed by atoms with Crippen LogP contribution in [0.3, 0.4) is 0 Å². The second-order valence-electron chi connectivity index (χ2n) is 4.24. The highest BCUT2D eigenvalue weighted by Gasteiger charge is 2.15. The van der Waals surface area contributed by atoms with Gasteiger partial charge in [0.25, 0.3) is 5.91 Å². The fourth-order valence-electron chi connectivity index (χ4n) is 1.55. The topological polar surface area (TPSA) is 89.3 Å². The number of amides is 1. The summed E-state index contributed by atoms with van der Waals surface area (Å²) in [6, 6.07) is 2.90. The van der Waals surface area contributed by atoms with Gasteiger partial charge in [-0.05, 0) is 25.1 Å².